The smallest absolute Gasteiger partial charge is 0.166 e. The lowest BCUT2D eigenvalue weighted by Gasteiger charge is -2.21. The monoisotopic (exact) mass is 257 g/mol. The highest BCUT2D eigenvalue weighted by Gasteiger charge is 2.21. The minimum Gasteiger partial charge on any atom is -0.493 e. The summed E-state index contributed by atoms with van der Waals surface area (Å²) in [5.74, 6) is 1.60. The number of halogens is 1. The fourth-order valence-electron chi connectivity index (χ4n) is 1.85. The summed E-state index contributed by atoms with van der Waals surface area (Å²) in [7, 11) is 3.20. The van der Waals surface area contributed by atoms with Gasteiger partial charge in [-0.3, -0.25) is 0 Å². The normalized spacial score (nSPS) is 12.7. The Morgan fingerprint density at radius 1 is 1.18 bits per heavy atom. The minimum atomic E-state index is -0.204. The highest BCUT2D eigenvalue weighted by atomic mass is 35.5. The average Bonchev–Trinajstić information content (AvgIpc) is 2.26. The molecule has 1 unspecified atom stereocenters. The maximum absolute atomic E-state index is 6.40. The Balaban J connectivity index is 3.57. The van der Waals surface area contributed by atoms with E-state index < -0.39 is 0 Å². The van der Waals surface area contributed by atoms with Crippen LogP contribution in [0.5, 0.6) is 11.5 Å². The highest BCUT2D eigenvalue weighted by molar-refractivity contribution is 6.32. The second kappa shape index (κ2) is 5.61. The summed E-state index contributed by atoms with van der Waals surface area (Å²) in [4.78, 5) is 0. The molecule has 4 heteroatoms. The molecule has 0 amide bonds. The van der Waals surface area contributed by atoms with Gasteiger partial charge in [0.1, 0.15) is 0 Å². The standard InChI is InChI=1S/C13H20ClNO2/c1-7(2)9-6-10(16-4)13(17-5)11(8(3)15)12(9)14/h6-8H,15H2,1-5H3. The van der Waals surface area contributed by atoms with Crippen LogP contribution in [0.3, 0.4) is 0 Å². The second-order valence-corrected chi connectivity index (χ2v) is 4.75. The molecule has 0 aliphatic carbocycles. The molecule has 1 rings (SSSR count). The SMILES string of the molecule is COc1cc(C(C)C)c(Cl)c(C(C)N)c1OC. The van der Waals surface area contributed by atoms with Gasteiger partial charge < -0.3 is 15.2 Å². The first-order chi connectivity index (χ1) is 7.93. The zero-order chi connectivity index (χ0) is 13.2. The van der Waals surface area contributed by atoms with Crippen molar-refractivity contribution in [1.82, 2.24) is 0 Å². The van der Waals surface area contributed by atoms with E-state index in [1.165, 1.54) is 0 Å². The molecule has 0 saturated heterocycles. The summed E-state index contributed by atoms with van der Waals surface area (Å²) in [6.07, 6.45) is 0. The molecule has 0 saturated carbocycles. The molecule has 0 aliphatic rings. The van der Waals surface area contributed by atoms with Crippen molar-refractivity contribution >= 4 is 11.6 Å². The predicted molar refractivity (Wildman–Crippen MR) is 71.2 cm³/mol. The van der Waals surface area contributed by atoms with Gasteiger partial charge in [0.2, 0.25) is 0 Å². The van der Waals surface area contributed by atoms with Gasteiger partial charge in [0.15, 0.2) is 11.5 Å². The molecule has 0 aliphatic heterocycles. The van der Waals surface area contributed by atoms with Crippen molar-refractivity contribution in [3.05, 3.63) is 22.2 Å². The Bertz CT molecular complexity index is 403. The van der Waals surface area contributed by atoms with Crippen LogP contribution in [-0.4, -0.2) is 14.2 Å². The van der Waals surface area contributed by atoms with E-state index in [9.17, 15) is 0 Å². The Morgan fingerprint density at radius 2 is 1.76 bits per heavy atom. The second-order valence-electron chi connectivity index (χ2n) is 4.37. The van der Waals surface area contributed by atoms with E-state index in [1.807, 2.05) is 13.0 Å². The molecule has 1 aromatic rings. The topological polar surface area (TPSA) is 44.5 Å². The Hall–Kier alpha value is -0.930. The number of benzene rings is 1. The minimum absolute atomic E-state index is 0.204. The van der Waals surface area contributed by atoms with Gasteiger partial charge in [0, 0.05) is 11.6 Å². The summed E-state index contributed by atoms with van der Waals surface area (Å²) in [6.45, 7) is 6.05. The van der Waals surface area contributed by atoms with E-state index in [-0.39, 0.29) is 6.04 Å². The number of hydrogen-bond acceptors (Lipinski definition) is 3. The Kier molecular flexibility index (Phi) is 4.66. The van der Waals surface area contributed by atoms with Crippen LogP contribution >= 0.6 is 11.6 Å². The average molecular weight is 258 g/mol. The fourth-order valence-corrected chi connectivity index (χ4v) is 2.38. The number of ether oxygens (including phenoxy) is 2. The zero-order valence-electron chi connectivity index (χ0n) is 11.0. The van der Waals surface area contributed by atoms with Crippen molar-refractivity contribution in [1.29, 1.82) is 0 Å². The van der Waals surface area contributed by atoms with Gasteiger partial charge in [-0.1, -0.05) is 25.4 Å². The van der Waals surface area contributed by atoms with Crippen molar-refractivity contribution in [2.75, 3.05) is 14.2 Å². The molecule has 1 atom stereocenters. The van der Waals surface area contributed by atoms with E-state index in [0.29, 0.717) is 22.4 Å². The van der Waals surface area contributed by atoms with E-state index in [4.69, 9.17) is 26.8 Å². The molecule has 96 valence electrons. The first-order valence-corrected chi connectivity index (χ1v) is 6.01. The molecule has 0 radical (unpaired) electrons. The largest absolute Gasteiger partial charge is 0.493 e. The van der Waals surface area contributed by atoms with Crippen LogP contribution in [0.2, 0.25) is 5.02 Å². The van der Waals surface area contributed by atoms with Gasteiger partial charge in [-0.2, -0.15) is 0 Å². The molecular formula is C13H20ClNO2. The summed E-state index contributed by atoms with van der Waals surface area (Å²) >= 11 is 6.40. The Morgan fingerprint density at radius 3 is 2.12 bits per heavy atom. The molecule has 0 aromatic heterocycles. The maximum Gasteiger partial charge on any atom is 0.166 e. The number of methoxy groups -OCH3 is 2. The lowest BCUT2D eigenvalue weighted by Crippen LogP contribution is -2.10. The van der Waals surface area contributed by atoms with Crippen LogP contribution in [0.25, 0.3) is 0 Å². The van der Waals surface area contributed by atoms with Gasteiger partial charge in [-0.25, -0.2) is 0 Å². The van der Waals surface area contributed by atoms with Crippen molar-refractivity contribution in [3.63, 3.8) is 0 Å². The summed E-state index contributed by atoms with van der Waals surface area (Å²) in [5, 5.41) is 0.674. The lowest BCUT2D eigenvalue weighted by molar-refractivity contribution is 0.349. The van der Waals surface area contributed by atoms with Crippen LogP contribution in [0.4, 0.5) is 0 Å². The molecule has 2 N–H and O–H groups in total. The van der Waals surface area contributed by atoms with Gasteiger partial charge in [0.25, 0.3) is 0 Å². The van der Waals surface area contributed by atoms with Crippen LogP contribution in [-0.2, 0) is 0 Å². The third-order valence-electron chi connectivity index (χ3n) is 2.75. The molecule has 0 bridgehead atoms. The molecule has 17 heavy (non-hydrogen) atoms. The molecule has 1 aromatic carbocycles. The third-order valence-corrected chi connectivity index (χ3v) is 3.17. The number of rotatable bonds is 4. The van der Waals surface area contributed by atoms with Gasteiger partial charge in [0.05, 0.1) is 19.2 Å². The van der Waals surface area contributed by atoms with E-state index in [0.717, 1.165) is 11.1 Å². The molecule has 0 spiro atoms. The van der Waals surface area contributed by atoms with Gasteiger partial charge in [-0.05, 0) is 24.5 Å². The van der Waals surface area contributed by atoms with Crippen LogP contribution in [0.15, 0.2) is 6.07 Å². The Labute approximate surface area is 108 Å². The van der Waals surface area contributed by atoms with E-state index >= 15 is 0 Å². The predicted octanol–water partition coefficient (Wildman–Crippen LogP) is 3.50. The molecule has 0 heterocycles. The molecular weight excluding hydrogens is 238 g/mol. The molecule has 3 nitrogen and oxygen atoms in total. The van der Waals surface area contributed by atoms with Crippen molar-refractivity contribution in [3.8, 4) is 11.5 Å². The van der Waals surface area contributed by atoms with Crippen molar-refractivity contribution in [2.45, 2.75) is 32.7 Å². The summed E-state index contributed by atoms with van der Waals surface area (Å²) in [6, 6.07) is 1.71. The van der Waals surface area contributed by atoms with Gasteiger partial charge in [-0.15, -0.1) is 0 Å². The number of hydrogen-bond donors (Lipinski definition) is 1. The molecule has 0 fully saturated rings. The van der Waals surface area contributed by atoms with Crippen LogP contribution in [0, 0.1) is 0 Å². The van der Waals surface area contributed by atoms with Crippen molar-refractivity contribution in [2.24, 2.45) is 5.73 Å². The summed E-state index contributed by atoms with van der Waals surface area (Å²) in [5.41, 5.74) is 7.79. The number of nitrogens with two attached hydrogens (primary N) is 1. The van der Waals surface area contributed by atoms with Crippen LogP contribution in [0.1, 0.15) is 43.9 Å². The fraction of sp³-hybridized carbons (Fsp3) is 0.538. The van der Waals surface area contributed by atoms with Gasteiger partial charge >= 0.3 is 0 Å². The maximum atomic E-state index is 6.40. The first kappa shape index (κ1) is 14.1. The third kappa shape index (κ3) is 2.67. The lowest BCUT2D eigenvalue weighted by atomic mass is 9.96. The van der Waals surface area contributed by atoms with Crippen molar-refractivity contribution < 1.29 is 9.47 Å². The van der Waals surface area contributed by atoms with E-state index in [2.05, 4.69) is 13.8 Å². The van der Waals surface area contributed by atoms with Crippen LogP contribution < -0.4 is 15.2 Å². The van der Waals surface area contributed by atoms with E-state index in [1.54, 1.807) is 14.2 Å². The highest BCUT2D eigenvalue weighted by Crippen LogP contribution is 2.43. The zero-order valence-corrected chi connectivity index (χ0v) is 11.8. The quantitative estimate of drug-likeness (QED) is 0.898. The first-order valence-electron chi connectivity index (χ1n) is 5.63. The summed E-state index contributed by atoms with van der Waals surface area (Å²) < 4.78 is 10.7.